The third-order valence-electron chi connectivity index (χ3n) is 2.72. The second-order valence-corrected chi connectivity index (χ2v) is 6.68. The van der Waals surface area contributed by atoms with Gasteiger partial charge in [-0.3, -0.25) is 4.79 Å². The van der Waals surface area contributed by atoms with E-state index in [1.807, 2.05) is 12.1 Å². The van der Waals surface area contributed by atoms with Crippen LogP contribution in [0.4, 0.5) is 0 Å². The van der Waals surface area contributed by atoms with Crippen molar-refractivity contribution in [2.75, 3.05) is 0 Å². The standard InChI is InChI=1S/C12H7Cl2NOS2/c13-7-2-1-6-10-5(3-8(18-10)12(15)16)4-17-11(6)9(7)14/h1-3H,4H2,(H2,15,16). The molecule has 2 nitrogen and oxygen atoms in total. The molecule has 0 radical (unpaired) electrons. The van der Waals surface area contributed by atoms with Crippen LogP contribution in [0.2, 0.25) is 10.0 Å². The molecule has 2 aromatic rings. The molecule has 1 aromatic carbocycles. The zero-order valence-corrected chi connectivity index (χ0v) is 12.1. The molecule has 6 heteroatoms. The smallest absolute Gasteiger partial charge is 0.258 e. The van der Waals surface area contributed by atoms with E-state index in [1.54, 1.807) is 17.8 Å². The van der Waals surface area contributed by atoms with E-state index in [9.17, 15) is 4.79 Å². The van der Waals surface area contributed by atoms with Crippen molar-refractivity contribution in [1.82, 2.24) is 0 Å². The van der Waals surface area contributed by atoms with Crippen molar-refractivity contribution >= 4 is 52.2 Å². The van der Waals surface area contributed by atoms with E-state index in [-0.39, 0.29) is 5.91 Å². The Morgan fingerprint density at radius 2 is 2.11 bits per heavy atom. The molecule has 1 aromatic heterocycles. The number of benzene rings is 1. The van der Waals surface area contributed by atoms with Crippen molar-refractivity contribution < 1.29 is 4.79 Å². The number of amides is 1. The predicted octanol–water partition coefficient (Wildman–Crippen LogP) is 4.43. The van der Waals surface area contributed by atoms with E-state index in [0.29, 0.717) is 14.9 Å². The molecule has 0 fully saturated rings. The first kappa shape index (κ1) is 12.4. The lowest BCUT2D eigenvalue weighted by Crippen LogP contribution is -2.08. The van der Waals surface area contributed by atoms with Gasteiger partial charge in [0.2, 0.25) is 0 Å². The summed E-state index contributed by atoms with van der Waals surface area (Å²) in [4.78, 5) is 13.9. The predicted molar refractivity (Wildman–Crippen MR) is 77.9 cm³/mol. The molecule has 0 saturated heterocycles. The van der Waals surface area contributed by atoms with Crippen LogP contribution in [0, 0.1) is 0 Å². The van der Waals surface area contributed by atoms with Crippen molar-refractivity contribution in [3.05, 3.63) is 38.7 Å². The Kier molecular flexibility index (Phi) is 3.06. The van der Waals surface area contributed by atoms with Crippen LogP contribution in [-0.2, 0) is 5.75 Å². The lowest BCUT2D eigenvalue weighted by Gasteiger charge is -2.17. The van der Waals surface area contributed by atoms with E-state index in [4.69, 9.17) is 28.9 Å². The normalized spacial score (nSPS) is 13.0. The van der Waals surface area contributed by atoms with Gasteiger partial charge in [0.1, 0.15) is 0 Å². The molecule has 0 spiro atoms. The van der Waals surface area contributed by atoms with Crippen LogP contribution in [-0.4, -0.2) is 5.91 Å². The number of rotatable bonds is 1. The number of nitrogens with two attached hydrogens (primary N) is 1. The number of thioether (sulfide) groups is 1. The third kappa shape index (κ3) is 1.84. The minimum Gasteiger partial charge on any atom is -0.365 e. The van der Waals surface area contributed by atoms with E-state index in [1.165, 1.54) is 11.3 Å². The molecule has 0 atom stereocenters. The molecule has 1 aliphatic rings. The molecule has 1 amide bonds. The highest BCUT2D eigenvalue weighted by Gasteiger charge is 2.23. The summed E-state index contributed by atoms with van der Waals surface area (Å²) < 4.78 is 0. The highest BCUT2D eigenvalue weighted by molar-refractivity contribution is 7.99. The molecule has 0 unspecified atom stereocenters. The summed E-state index contributed by atoms with van der Waals surface area (Å²) in [5.74, 6) is 0.396. The molecule has 1 aliphatic heterocycles. The van der Waals surface area contributed by atoms with Gasteiger partial charge < -0.3 is 5.73 Å². The number of halogens is 2. The van der Waals surface area contributed by atoms with Crippen molar-refractivity contribution in [2.24, 2.45) is 5.73 Å². The van der Waals surface area contributed by atoms with Crippen molar-refractivity contribution in [2.45, 2.75) is 10.6 Å². The van der Waals surface area contributed by atoms with E-state index >= 15 is 0 Å². The molecule has 2 N–H and O–H groups in total. The lowest BCUT2D eigenvalue weighted by molar-refractivity contribution is 0.100. The van der Waals surface area contributed by atoms with Crippen LogP contribution in [0.25, 0.3) is 10.4 Å². The lowest BCUT2D eigenvalue weighted by atomic mass is 10.1. The third-order valence-corrected chi connectivity index (χ3v) is 6.03. The fourth-order valence-corrected chi connectivity index (χ4v) is 4.74. The molecule has 0 bridgehead atoms. The zero-order chi connectivity index (χ0) is 12.9. The quantitative estimate of drug-likeness (QED) is 0.846. The molecular formula is C12H7Cl2NOS2. The summed E-state index contributed by atoms with van der Waals surface area (Å²) in [5, 5.41) is 1.14. The number of carbonyl (C=O) groups excluding carboxylic acids is 1. The fraction of sp³-hybridized carbons (Fsp3) is 0.0833. The Morgan fingerprint density at radius 3 is 2.83 bits per heavy atom. The minimum absolute atomic E-state index is 0.388. The molecular weight excluding hydrogens is 309 g/mol. The van der Waals surface area contributed by atoms with Crippen molar-refractivity contribution in [3.8, 4) is 10.4 Å². The van der Waals surface area contributed by atoms with Gasteiger partial charge in [0.25, 0.3) is 5.91 Å². The SMILES string of the molecule is NC(=O)c1cc2c(s1)-c1ccc(Cl)c(Cl)c1SC2. The van der Waals surface area contributed by atoms with Gasteiger partial charge >= 0.3 is 0 Å². The van der Waals surface area contributed by atoms with E-state index in [0.717, 1.165) is 26.7 Å². The number of carbonyl (C=O) groups is 1. The summed E-state index contributed by atoms with van der Waals surface area (Å²) in [6, 6.07) is 5.58. The largest absolute Gasteiger partial charge is 0.365 e. The average molecular weight is 316 g/mol. The second-order valence-electron chi connectivity index (χ2n) is 3.86. The average Bonchev–Trinajstić information content (AvgIpc) is 2.77. The van der Waals surface area contributed by atoms with Crippen LogP contribution in [0.15, 0.2) is 23.1 Å². The van der Waals surface area contributed by atoms with Gasteiger partial charge in [0.05, 0.1) is 14.9 Å². The summed E-state index contributed by atoms with van der Waals surface area (Å²) in [6.07, 6.45) is 0. The molecule has 3 rings (SSSR count). The van der Waals surface area contributed by atoms with E-state index < -0.39 is 0 Å². The second kappa shape index (κ2) is 4.46. The molecule has 18 heavy (non-hydrogen) atoms. The van der Waals surface area contributed by atoms with Crippen LogP contribution in [0.1, 0.15) is 15.2 Å². The maximum atomic E-state index is 11.2. The van der Waals surface area contributed by atoms with Gasteiger partial charge in [-0.1, -0.05) is 29.3 Å². The first-order valence-electron chi connectivity index (χ1n) is 5.11. The maximum Gasteiger partial charge on any atom is 0.258 e. The van der Waals surface area contributed by atoms with Gasteiger partial charge in [-0.15, -0.1) is 23.1 Å². The monoisotopic (exact) mass is 315 g/mol. The van der Waals surface area contributed by atoms with Gasteiger partial charge in [-0.25, -0.2) is 0 Å². The van der Waals surface area contributed by atoms with Crippen LogP contribution in [0.5, 0.6) is 0 Å². The highest BCUT2D eigenvalue weighted by Crippen LogP contribution is 2.49. The number of fused-ring (bicyclic) bond motifs is 3. The van der Waals surface area contributed by atoms with Crippen molar-refractivity contribution in [1.29, 1.82) is 0 Å². The van der Waals surface area contributed by atoms with E-state index in [2.05, 4.69) is 0 Å². The minimum atomic E-state index is -0.388. The highest BCUT2D eigenvalue weighted by atomic mass is 35.5. The molecule has 2 heterocycles. The Morgan fingerprint density at radius 1 is 1.33 bits per heavy atom. The summed E-state index contributed by atoms with van der Waals surface area (Å²) >= 11 is 15.3. The Hall–Kier alpha value is -0.680. The van der Waals surface area contributed by atoms with Gasteiger partial charge in [-0.2, -0.15) is 0 Å². The number of hydrogen-bond donors (Lipinski definition) is 1. The summed E-state index contributed by atoms with van der Waals surface area (Å²) in [6.45, 7) is 0. The van der Waals surface area contributed by atoms with Gasteiger partial charge in [-0.05, 0) is 17.7 Å². The zero-order valence-electron chi connectivity index (χ0n) is 9.00. The summed E-state index contributed by atoms with van der Waals surface area (Å²) in [5.41, 5.74) is 7.48. The topological polar surface area (TPSA) is 43.1 Å². The van der Waals surface area contributed by atoms with Gasteiger partial charge in [0, 0.05) is 21.1 Å². The molecule has 92 valence electrons. The van der Waals surface area contributed by atoms with Gasteiger partial charge in [0.15, 0.2) is 0 Å². The number of primary amides is 1. The molecule has 0 aliphatic carbocycles. The number of thiophene rings is 1. The Labute approximate surface area is 122 Å². The molecule has 0 saturated carbocycles. The Balaban J connectivity index is 2.23. The summed E-state index contributed by atoms with van der Waals surface area (Å²) in [7, 11) is 0. The number of hydrogen-bond acceptors (Lipinski definition) is 3. The van der Waals surface area contributed by atoms with Crippen molar-refractivity contribution in [3.63, 3.8) is 0 Å². The maximum absolute atomic E-state index is 11.2. The van der Waals surface area contributed by atoms with Crippen LogP contribution < -0.4 is 5.73 Å². The first-order valence-corrected chi connectivity index (χ1v) is 7.67. The van der Waals surface area contributed by atoms with Crippen LogP contribution >= 0.6 is 46.3 Å². The Bertz CT molecular complexity index is 666. The fourth-order valence-electron chi connectivity index (χ4n) is 1.89. The first-order chi connectivity index (χ1) is 8.58. The van der Waals surface area contributed by atoms with Crippen LogP contribution in [0.3, 0.4) is 0 Å².